The van der Waals surface area contributed by atoms with Gasteiger partial charge >= 0.3 is 0 Å². The van der Waals surface area contributed by atoms with Gasteiger partial charge in [0.25, 0.3) is 0 Å². The van der Waals surface area contributed by atoms with E-state index in [2.05, 4.69) is 35.6 Å². The Morgan fingerprint density at radius 2 is 1.27 bits per heavy atom. The van der Waals surface area contributed by atoms with Crippen LogP contribution < -0.4 is 5.32 Å². The maximum Gasteiger partial charge on any atom is 0.00670 e. The lowest BCUT2D eigenvalue weighted by atomic mass is 9.98. The monoisotopic (exact) mass is 301 g/mol. The van der Waals surface area contributed by atoms with Gasteiger partial charge in [0, 0.05) is 6.04 Å². The molecule has 1 saturated carbocycles. The first-order valence-corrected chi connectivity index (χ1v) is 9.72. The second-order valence-electron chi connectivity index (χ2n) is 7.00. The summed E-state index contributed by atoms with van der Waals surface area (Å²) in [7, 11) is 0. The molecule has 1 aromatic carbocycles. The molecule has 0 aliphatic heterocycles. The number of hydrogen-bond donors (Lipinski definition) is 1. The van der Waals surface area contributed by atoms with Crippen LogP contribution in [0, 0.1) is 0 Å². The molecule has 0 heterocycles. The molecule has 1 aromatic rings. The van der Waals surface area contributed by atoms with Gasteiger partial charge in [0.05, 0.1) is 0 Å². The lowest BCUT2D eigenvalue weighted by Crippen LogP contribution is -2.30. The van der Waals surface area contributed by atoms with Crippen LogP contribution in [0.1, 0.15) is 82.6 Å². The van der Waals surface area contributed by atoms with E-state index in [4.69, 9.17) is 0 Å². The summed E-state index contributed by atoms with van der Waals surface area (Å²) in [6.07, 6.45) is 18.3. The fourth-order valence-corrected chi connectivity index (χ4v) is 3.61. The molecule has 0 amide bonds. The van der Waals surface area contributed by atoms with Crippen LogP contribution in [-0.2, 0) is 6.42 Å². The van der Waals surface area contributed by atoms with Gasteiger partial charge in [-0.1, -0.05) is 88.1 Å². The highest BCUT2D eigenvalue weighted by molar-refractivity contribution is 5.14. The van der Waals surface area contributed by atoms with Gasteiger partial charge in [0.1, 0.15) is 0 Å². The fraction of sp³-hybridized carbons (Fsp3) is 0.714. The van der Waals surface area contributed by atoms with Crippen molar-refractivity contribution in [3.63, 3.8) is 0 Å². The number of aryl methyl sites for hydroxylation is 1. The van der Waals surface area contributed by atoms with Crippen molar-refractivity contribution in [2.24, 2.45) is 0 Å². The van der Waals surface area contributed by atoms with Crippen LogP contribution in [0.15, 0.2) is 30.3 Å². The Balaban J connectivity index is 1.62. The topological polar surface area (TPSA) is 12.0 Å². The molecule has 0 unspecified atom stereocenters. The van der Waals surface area contributed by atoms with Crippen molar-refractivity contribution in [3.05, 3.63) is 35.9 Å². The standard InChI is InChI=1S/C21H35N/c1-2-4-6-11-17-21(18-12-7-5-3-1)22-19-13-16-20-14-9-8-10-15-20/h8-10,14-15,21-22H,1-7,11-13,16-19H2. The number of benzene rings is 1. The lowest BCUT2D eigenvalue weighted by molar-refractivity contribution is 0.402. The third-order valence-electron chi connectivity index (χ3n) is 5.02. The van der Waals surface area contributed by atoms with Crippen molar-refractivity contribution in [1.82, 2.24) is 5.32 Å². The van der Waals surface area contributed by atoms with Gasteiger partial charge < -0.3 is 5.32 Å². The first kappa shape index (κ1) is 17.5. The highest BCUT2D eigenvalue weighted by Crippen LogP contribution is 2.17. The zero-order valence-corrected chi connectivity index (χ0v) is 14.4. The highest BCUT2D eigenvalue weighted by Gasteiger charge is 2.08. The number of nitrogens with one attached hydrogen (secondary N) is 1. The minimum absolute atomic E-state index is 0.773. The average Bonchev–Trinajstić information content (AvgIpc) is 2.54. The van der Waals surface area contributed by atoms with E-state index in [9.17, 15) is 0 Å². The molecule has 1 N–H and O–H groups in total. The molecule has 2 rings (SSSR count). The summed E-state index contributed by atoms with van der Waals surface area (Å²) in [4.78, 5) is 0. The summed E-state index contributed by atoms with van der Waals surface area (Å²) < 4.78 is 0. The van der Waals surface area contributed by atoms with Crippen LogP contribution in [-0.4, -0.2) is 12.6 Å². The Kier molecular flexibility index (Phi) is 9.33. The molecule has 1 heteroatoms. The van der Waals surface area contributed by atoms with Crippen molar-refractivity contribution in [2.45, 2.75) is 89.5 Å². The Labute approximate surface area is 137 Å². The Hall–Kier alpha value is -0.820. The van der Waals surface area contributed by atoms with Crippen molar-refractivity contribution in [3.8, 4) is 0 Å². The normalized spacial score (nSPS) is 19.3. The minimum atomic E-state index is 0.773. The van der Waals surface area contributed by atoms with Crippen molar-refractivity contribution in [2.75, 3.05) is 6.54 Å². The SMILES string of the molecule is c1ccc(CCCNC2CCCCCCCCCCC2)cc1. The van der Waals surface area contributed by atoms with Crippen molar-refractivity contribution < 1.29 is 0 Å². The van der Waals surface area contributed by atoms with Gasteiger partial charge in [0.15, 0.2) is 0 Å². The fourth-order valence-electron chi connectivity index (χ4n) is 3.61. The summed E-state index contributed by atoms with van der Waals surface area (Å²) in [6.45, 7) is 1.18. The molecule has 22 heavy (non-hydrogen) atoms. The van der Waals surface area contributed by atoms with E-state index in [-0.39, 0.29) is 0 Å². The predicted octanol–water partition coefficient (Wildman–Crippen LogP) is 5.88. The van der Waals surface area contributed by atoms with E-state index in [1.807, 2.05) is 0 Å². The molecule has 0 spiro atoms. The summed E-state index contributed by atoms with van der Waals surface area (Å²) in [5, 5.41) is 3.84. The van der Waals surface area contributed by atoms with Gasteiger partial charge in [0.2, 0.25) is 0 Å². The minimum Gasteiger partial charge on any atom is -0.314 e. The van der Waals surface area contributed by atoms with Gasteiger partial charge in [-0.3, -0.25) is 0 Å². The second kappa shape index (κ2) is 11.7. The smallest absolute Gasteiger partial charge is 0.00670 e. The second-order valence-corrected chi connectivity index (χ2v) is 7.00. The largest absolute Gasteiger partial charge is 0.314 e. The Morgan fingerprint density at radius 3 is 1.86 bits per heavy atom. The molecule has 0 aromatic heterocycles. The van der Waals surface area contributed by atoms with Crippen molar-refractivity contribution in [1.29, 1.82) is 0 Å². The summed E-state index contributed by atoms with van der Waals surface area (Å²) in [5.41, 5.74) is 1.47. The molecule has 1 nitrogen and oxygen atoms in total. The van der Waals surface area contributed by atoms with Crippen LogP contribution in [0.4, 0.5) is 0 Å². The van der Waals surface area contributed by atoms with E-state index in [0.29, 0.717) is 0 Å². The molecular formula is C21H35N. The summed E-state index contributed by atoms with van der Waals surface area (Å²) >= 11 is 0. The quantitative estimate of drug-likeness (QED) is 0.669. The number of rotatable bonds is 5. The van der Waals surface area contributed by atoms with Gasteiger partial charge in [-0.05, 0) is 37.8 Å². The third kappa shape index (κ3) is 7.98. The van der Waals surface area contributed by atoms with E-state index < -0.39 is 0 Å². The zero-order valence-electron chi connectivity index (χ0n) is 14.4. The van der Waals surface area contributed by atoms with E-state index in [1.54, 1.807) is 0 Å². The maximum atomic E-state index is 3.84. The molecule has 0 saturated heterocycles. The Bertz CT molecular complexity index is 347. The maximum absolute atomic E-state index is 3.84. The molecule has 124 valence electrons. The van der Waals surface area contributed by atoms with E-state index >= 15 is 0 Å². The van der Waals surface area contributed by atoms with Gasteiger partial charge in [-0.15, -0.1) is 0 Å². The molecule has 1 fully saturated rings. The molecule has 1 aliphatic carbocycles. The van der Waals surface area contributed by atoms with Crippen LogP contribution in [0.5, 0.6) is 0 Å². The lowest BCUT2D eigenvalue weighted by Gasteiger charge is -2.19. The molecule has 0 bridgehead atoms. The van der Waals surface area contributed by atoms with Crippen molar-refractivity contribution >= 4 is 0 Å². The van der Waals surface area contributed by atoms with Gasteiger partial charge in [-0.2, -0.15) is 0 Å². The molecule has 1 aliphatic rings. The zero-order chi connectivity index (χ0) is 15.3. The van der Waals surface area contributed by atoms with Crippen LogP contribution in [0.25, 0.3) is 0 Å². The first-order chi connectivity index (χ1) is 10.9. The van der Waals surface area contributed by atoms with E-state index in [1.165, 1.54) is 95.6 Å². The molecule has 0 atom stereocenters. The summed E-state index contributed by atoms with van der Waals surface area (Å²) in [5.74, 6) is 0. The van der Waals surface area contributed by atoms with Crippen LogP contribution >= 0.6 is 0 Å². The van der Waals surface area contributed by atoms with E-state index in [0.717, 1.165) is 6.04 Å². The molecule has 0 radical (unpaired) electrons. The van der Waals surface area contributed by atoms with Gasteiger partial charge in [-0.25, -0.2) is 0 Å². The molecular weight excluding hydrogens is 266 g/mol. The third-order valence-corrected chi connectivity index (χ3v) is 5.02. The van der Waals surface area contributed by atoms with Crippen LogP contribution in [0.3, 0.4) is 0 Å². The first-order valence-electron chi connectivity index (χ1n) is 9.72. The Morgan fingerprint density at radius 1 is 0.727 bits per heavy atom. The average molecular weight is 302 g/mol. The van der Waals surface area contributed by atoms with Crippen LogP contribution in [0.2, 0.25) is 0 Å². The summed E-state index contributed by atoms with van der Waals surface area (Å²) in [6, 6.07) is 11.7. The predicted molar refractivity (Wildman–Crippen MR) is 97.3 cm³/mol. The highest BCUT2D eigenvalue weighted by atomic mass is 14.9. The number of hydrogen-bond acceptors (Lipinski definition) is 1.